The minimum Gasteiger partial charge on any atom is -0.344 e. The molecule has 0 saturated heterocycles. The monoisotopic (exact) mass is 354 g/mol. The highest BCUT2D eigenvalue weighted by atomic mass is 32.1. The minimum absolute atomic E-state index is 0.0920. The molecule has 2 heterocycles. The van der Waals surface area contributed by atoms with E-state index in [0.717, 1.165) is 34.1 Å². The molecule has 0 aliphatic heterocycles. The van der Waals surface area contributed by atoms with Gasteiger partial charge in [0.15, 0.2) is 0 Å². The Hall–Kier alpha value is -2.47. The average molecular weight is 354 g/mol. The number of nitrogens with zero attached hydrogens (tertiary/aromatic N) is 3. The third-order valence-corrected chi connectivity index (χ3v) is 4.95. The van der Waals surface area contributed by atoms with Gasteiger partial charge in [0.25, 0.3) is 5.91 Å². The van der Waals surface area contributed by atoms with Crippen LogP contribution in [0.4, 0.5) is 0 Å². The third-order valence-electron chi connectivity index (χ3n) is 4.16. The number of aromatic nitrogens is 3. The van der Waals surface area contributed by atoms with E-state index in [2.05, 4.69) is 22.3 Å². The Kier molecular flexibility index (Phi) is 4.99. The summed E-state index contributed by atoms with van der Waals surface area (Å²) in [6, 6.07) is 7.54. The lowest BCUT2D eigenvalue weighted by Gasteiger charge is -2.12. The third kappa shape index (κ3) is 3.79. The lowest BCUT2D eigenvalue weighted by Crippen LogP contribution is -2.26. The molecular weight excluding hydrogens is 332 g/mol. The molecule has 130 valence electrons. The molecule has 0 saturated carbocycles. The molecule has 1 N–H and O–H groups in total. The molecule has 1 aromatic carbocycles. The molecular formula is C19H22N4OS. The first kappa shape index (κ1) is 17.4. The van der Waals surface area contributed by atoms with Crippen molar-refractivity contribution >= 4 is 17.2 Å². The maximum atomic E-state index is 12.4. The second-order valence-electron chi connectivity index (χ2n) is 6.05. The number of thiazole rings is 1. The van der Waals surface area contributed by atoms with E-state index in [4.69, 9.17) is 0 Å². The van der Waals surface area contributed by atoms with Crippen molar-refractivity contribution in [3.8, 4) is 11.1 Å². The van der Waals surface area contributed by atoms with Crippen LogP contribution in [-0.4, -0.2) is 20.7 Å². The number of hydrogen-bond donors (Lipinski definition) is 1. The molecule has 6 heteroatoms. The van der Waals surface area contributed by atoms with Crippen LogP contribution >= 0.6 is 11.3 Å². The Morgan fingerprint density at radius 1 is 1.28 bits per heavy atom. The standard InChI is InChI=1S/C19H22N4OS/c1-5-23-10-17(12(2)22-23)15-6-8-16(9-7-15)19(24)20-13(3)18-11-25-14(4)21-18/h6-11,13H,5H2,1-4H3,(H,20,24)/t13-/m1/s1. The van der Waals surface area contributed by atoms with Crippen LogP contribution in [0, 0.1) is 13.8 Å². The van der Waals surface area contributed by atoms with Gasteiger partial charge >= 0.3 is 0 Å². The molecule has 1 atom stereocenters. The van der Waals surface area contributed by atoms with Crippen molar-refractivity contribution in [2.24, 2.45) is 0 Å². The van der Waals surface area contributed by atoms with Gasteiger partial charge in [-0.2, -0.15) is 5.10 Å². The zero-order valence-corrected chi connectivity index (χ0v) is 15.7. The molecule has 0 unspecified atom stereocenters. The smallest absolute Gasteiger partial charge is 0.251 e. The van der Waals surface area contributed by atoms with Crippen LogP contribution in [0.25, 0.3) is 11.1 Å². The Labute approximate surface area is 151 Å². The summed E-state index contributed by atoms with van der Waals surface area (Å²) >= 11 is 1.59. The number of benzene rings is 1. The van der Waals surface area contributed by atoms with E-state index >= 15 is 0 Å². The van der Waals surface area contributed by atoms with E-state index in [1.807, 2.05) is 61.3 Å². The maximum Gasteiger partial charge on any atom is 0.251 e. The van der Waals surface area contributed by atoms with Gasteiger partial charge in [-0.25, -0.2) is 4.98 Å². The summed E-state index contributed by atoms with van der Waals surface area (Å²) in [4.78, 5) is 16.9. The molecule has 3 rings (SSSR count). The first-order valence-corrected chi connectivity index (χ1v) is 9.23. The molecule has 2 aromatic heterocycles. The van der Waals surface area contributed by atoms with Crippen molar-refractivity contribution in [2.75, 3.05) is 0 Å². The normalized spacial score (nSPS) is 12.2. The van der Waals surface area contributed by atoms with Gasteiger partial charge in [-0.15, -0.1) is 11.3 Å². The zero-order valence-electron chi connectivity index (χ0n) is 14.9. The van der Waals surface area contributed by atoms with Crippen molar-refractivity contribution in [1.82, 2.24) is 20.1 Å². The second kappa shape index (κ2) is 7.19. The van der Waals surface area contributed by atoms with Crippen LogP contribution in [0.5, 0.6) is 0 Å². The van der Waals surface area contributed by atoms with Gasteiger partial charge in [0, 0.05) is 29.2 Å². The number of carbonyl (C=O) groups excluding carboxylic acids is 1. The van der Waals surface area contributed by atoms with Gasteiger partial charge in [-0.05, 0) is 45.4 Å². The topological polar surface area (TPSA) is 59.8 Å². The highest BCUT2D eigenvalue weighted by Crippen LogP contribution is 2.23. The van der Waals surface area contributed by atoms with Crippen LogP contribution in [0.3, 0.4) is 0 Å². The molecule has 3 aromatic rings. The van der Waals surface area contributed by atoms with E-state index < -0.39 is 0 Å². The summed E-state index contributed by atoms with van der Waals surface area (Å²) in [5, 5.41) is 10.5. The first-order valence-electron chi connectivity index (χ1n) is 8.35. The SMILES string of the molecule is CCn1cc(-c2ccc(C(=O)N[C@H](C)c3csc(C)n3)cc2)c(C)n1. The first-order chi connectivity index (χ1) is 12.0. The maximum absolute atomic E-state index is 12.4. The lowest BCUT2D eigenvalue weighted by molar-refractivity contribution is 0.0939. The Balaban J connectivity index is 1.73. The van der Waals surface area contributed by atoms with Gasteiger partial charge in [0.1, 0.15) is 0 Å². The largest absolute Gasteiger partial charge is 0.344 e. The van der Waals surface area contributed by atoms with Crippen molar-refractivity contribution < 1.29 is 4.79 Å². The number of amides is 1. The summed E-state index contributed by atoms with van der Waals surface area (Å²) in [7, 11) is 0. The number of rotatable bonds is 5. The Morgan fingerprint density at radius 2 is 2.00 bits per heavy atom. The Morgan fingerprint density at radius 3 is 2.56 bits per heavy atom. The molecule has 0 aliphatic carbocycles. The zero-order chi connectivity index (χ0) is 18.0. The summed E-state index contributed by atoms with van der Waals surface area (Å²) in [6.45, 7) is 8.82. The van der Waals surface area contributed by atoms with Crippen LogP contribution in [0.15, 0.2) is 35.8 Å². The van der Waals surface area contributed by atoms with Crippen LogP contribution in [0.2, 0.25) is 0 Å². The predicted octanol–water partition coefficient (Wildman–Crippen LogP) is 4.13. The molecule has 0 fully saturated rings. The fraction of sp³-hybridized carbons (Fsp3) is 0.316. The summed E-state index contributed by atoms with van der Waals surface area (Å²) < 4.78 is 1.92. The predicted molar refractivity (Wildman–Crippen MR) is 101 cm³/mol. The van der Waals surface area contributed by atoms with Crippen LogP contribution < -0.4 is 5.32 Å². The molecule has 0 bridgehead atoms. The number of carbonyl (C=O) groups is 1. The molecule has 5 nitrogen and oxygen atoms in total. The average Bonchev–Trinajstić information content (AvgIpc) is 3.20. The Bertz CT molecular complexity index is 879. The van der Waals surface area contributed by atoms with E-state index in [9.17, 15) is 4.79 Å². The van der Waals surface area contributed by atoms with Crippen LogP contribution in [0.1, 0.15) is 46.6 Å². The number of nitrogens with one attached hydrogen (secondary N) is 1. The van der Waals surface area contributed by atoms with Gasteiger partial charge in [-0.3, -0.25) is 9.48 Å². The minimum atomic E-state index is -0.109. The van der Waals surface area contributed by atoms with E-state index in [-0.39, 0.29) is 11.9 Å². The summed E-state index contributed by atoms with van der Waals surface area (Å²) in [6.07, 6.45) is 2.04. The van der Waals surface area contributed by atoms with Gasteiger partial charge in [0.2, 0.25) is 0 Å². The molecule has 25 heavy (non-hydrogen) atoms. The molecule has 0 aliphatic rings. The van der Waals surface area contributed by atoms with Crippen molar-refractivity contribution in [1.29, 1.82) is 0 Å². The highest BCUT2D eigenvalue weighted by Gasteiger charge is 2.14. The fourth-order valence-electron chi connectivity index (χ4n) is 2.70. The molecule has 0 radical (unpaired) electrons. The van der Waals surface area contributed by atoms with Crippen molar-refractivity contribution in [3.05, 3.63) is 57.8 Å². The van der Waals surface area contributed by atoms with E-state index in [1.54, 1.807) is 11.3 Å². The molecule has 0 spiro atoms. The van der Waals surface area contributed by atoms with Gasteiger partial charge in [-0.1, -0.05) is 12.1 Å². The van der Waals surface area contributed by atoms with Crippen molar-refractivity contribution in [3.63, 3.8) is 0 Å². The van der Waals surface area contributed by atoms with E-state index in [0.29, 0.717) is 5.56 Å². The van der Waals surface area contributed by atoms with E-state index in [1.165, 1.54) is 0 Å². The summed E-state index contributed by atoms with van der Waals surface area (Å²) in [5.74, 6) is -0.0920. The fourth-order valence-corrected chi connectivity index (χ4v) is 3.40. The quantitative estimate of drug-likeness (QED) is 0.749. The lowest BCUT2D eigenvalue weighted by atomic mass is 10.0. The van der Waals surface area contributed by atoms with Gasteiger partial charge in [0.05, 0.1) is 22.4 Å². The van der Waals surface area contributed by atoms with Gasteiger partial charge < -0.3 is 5.32 Å². The molecule has 1 amide bonds. The second-order valence-corrected chi connectivity index (χ2v) is 7.11. The number of aryl methyl sites for hydroxylation is 3. The number of hydrogen-bond acceptors (Lipinski definition) is 4. The van der Waals surface area contributed by atoms with Crippen molar-refractivity contribution in [2.45, 2.75) is 40.3 Å². The van der Waals surface area contributed by atoms with Crippen LogP contribution in [-0.2, 0) is 6.54 Å². The summed E-state index contributed by atoms with van der Waals surface area (Å²) in [5.41, 5.74) is 4.70. The highest BCUT2D eigenvalue weighted by molar-refractivity contribution is 7.09.